The Labute approximate surface area is 86.0 Å². The van der Waals surface area contributed by atoms with Crippen LogP contribution in [0.25, 0.3) is 0 Å². The van der Waals surface area contributed by atoms with Crippen LogP contribution < -0.4 is 5.32 Å². The fourth-order valence-corrected chi connectivity index (χ4v) is 0.800. The predicted molar refractivity (Wildman–Crippen MR) is 55.3 cm³/mol. The minimum atomic E-state index is -0.381. The third-order valence-electron chi connectivity index (χ3n) is 1.31. The minimum absolute atomic E-state index is 0.0772. The molecule has 0 aliphatic heterocycles. The molecule has 0 rings (SSSR count). The van der Waals surface area contributed by atoms with Gasteiger partial charge in [0.2, 0.25) is 0 Å². The maximum absolute atomic E-state index is 11.0. The first kappa shape index (κ1) is 13.2. The Morgan fingerprint density at radius 2 is 1.93 bits per heavy atom. The number of carbonyl (C=O) groups is 1. The van der Waals surface area contributed by atoms with Crippen molar-refractivity contribution in [3.05, 3.63) is 0 Å². The molecule has 0 spiro atoms. The summed E-state index contributed by atoms with van der Waals surface area (Å²) in [4.78, 5) is 11.0. The van der Waals surface area contributed by atoms with E-state index in [0.717, 1.165) is 6.61 Å². The Kier molecular flexibility index (Phi) is 7.20. The molecule has 14 heavy (non-hydrogen) atoms. The smallest absolute Gasteiger partial charge is 0.407 e. The molecule has 0 aromatic rings. The van der Waals surface area contributed by atoms with Gasteiger partial charge >= 0.3 is 6.09 Å². The van der Waals surface area contributed by atoms with Gasteiger partial charge in [-0.25, -0.2) is 4.79 Å². The third kappa shape index (κ3) is 9.32. The quantitative estimate of drug-likeness (QED) is 0.669. The predicted octanol–water partition coefficient (Wildman–Crippen LogP) is 1.79. The second-order valence-corrected chi connectivity index (χ2v) is 3.85. The summed E-state index contributed by atoms with van der Waals surface area (Å²) in [5.74, 6) is 0.526. The first-order chi connectivity index (χ1) is 6.52. The number of amides is 1. The zero-order valence-electron chi connectivity index (χ0n) is 9.50. The Hall–Kier alpha value is -0.770. The summed E-state index contributed by atoms with van der Waals surface area (Å²) < 4.78 is 10.2. The van der Waals surface area contributed by atoms with E-state index < -0.39 is 0 Å². The van der Waals surface area contributed by atoms with Crippen molar-refractivity contribution in [2.24, 2.45) is 5.92 Å². The van der Waals surface area contributed by atoms with E-state index >= 15 is 0 Å². The Bertz CT molecular complexity index is 157. The minimum Gasteiger partial charge on any atom is -0.447 e. The van der Waals surface area contributed by atoms with E-state index in [0.29, 0.717) is 19.1 Å². The molecule has 0 fully saturated rings. The summed E-state index contributed by atoms with van der Waals surface area (Å²) in [6, 6.07) is 0. The highest BCUT2D eigenvalue weighted by atomic mass is 16.6. The average Bonchev–Trinajstić information content (AvgIpc) is 2.01. The summed E-state index contributed by atoms with van der Waals surface area (Å²) >= 11 is 0. The monoisotopic (exact) mass is 203 g/mol. The van der Waals surface area contributed by atoms with Crippen molar-refractivity contribution in [2.75, 3.05) is 19.8 Å². The van der Waals surface area contributed by atoms with E-state index in [1.165, 1.54) is 0 Å². The van der Waals surface area contributed by atoms with Gasteiger partial charge in [-0.2, -0.15) is 0 Å². The lowest BCUT2D eigenvalue weighted by molar-refractivity contribution is 0.0962. The molecule has 0 heterocycles. The average molecular weight is 203 g/mol. The number of rotatable bonds is 6. The van der Waals surface area contributed by atoms with Crippen LogP contribution in [0.2, 0.25) is 0 Å². The summed E-state index contributed by atoms with van der Waals surface area (Å²) in [6.45, 7) is 9.55. The number of nitrogens with one attached hydrogen (secondary N) is 1. The summed E-state index contributed by atoms with van der Waals surface area (Å²) in [7, 11) is 0. The van der Waals surface area contributed by atoms with E-state index in [1.54, 1.807) is 0 Å². The number of hydrogen-bond donors (Lipinski definition) is 1. The molecule has 0 unspecified atom stereocenters. The Balaban J connectivity index is 3.23. The first-order valence-electron chi connectivity index (χ1n) is 5.04. The highest BCUT2D eigenvalue weighted by Crippen LogP contribution is 1.91. The van der Waals surface area contributed by atoms with Gasteiger partial charge in [0.15, 0.2) is 0 Å². The van der Waals surface area contributed by atoms with Crippen LogP contribution in [-0.4, -0.2) is 32.0 Å². The molecule has 0 radical (unpaired) electrons. The Morgan fingerprint density at radius 1 is 1.29 bits per heavy atom. The van der Waals surface area contributed by atoms with Crippen LogP contribution >= 0.6 is 0 Å². The van der Waals surface area contributed by atoms with E-state index in [9.17, 15) is 4.79 Å². The van der Waals surface area contributed by atoms with Gasteiger partial charge in [0.1, 0.15) is 0 Å². The van der Waals surface area contributed by atoms with Gasteiger partial charge in [-0.05, 0) is 19.8 Å². The molecule has 4 nitrogen and oxygen atoms in total. The molecule has 0 atom stereocenters. The van der Waals surface area contributed by atoms with E-state index in [1.807, 2.05) is 13.8 Å². The summed E-state index contributed by atoms with van der Waals surface area (Å²) in [5.41, 5.74) is 0. The van der Waals surface area contributed by atoms with Crippen molar-refractivity contribution in [2.45, 2.75) is 33.8 Å². The van der Waals surface area contributed by atoms with Crippen LogP contribution in [0.1, 0.15) is 27.7 Å². The van der Waals surface area contributed by atoms with Crippen molar-refractivity contribution in [1.82, 2.24) is 5.32 Å². The van der Waals surface area contributed by atoms with Gasteiger partial charge in [0.25, 0.3) is 0 Å². The van der Waals surface area contributed by atoms with Crippen molar-refractivity contribution < 1.29 is 14.3 Å². The molecule has 1 amide bonds. The molecule has 0 bridgehead atoms. The molecule has 0 aromatic heterocycles. The second-order valence-electron chi connectivity index (χ2n) is 3.85. The maximum Gasteiger partial charge on any atom is 0.407 e. The van der Waals surface area contributed by atoms with Crippen molar-refractivity contribution >= 4 is 6.09 Å². The molecule has 0 aliphatic carbocycles. The fourth-order valence-electron chi connectivity index (χ4n) is 0.800. The van der Waals surface area contributed by atoms with Crippen LogP contribution in [0.3, 0.4) is 0 Å². The van der Waals surface area contributed by atoms with Crippen molar-refractivity contribution in [3.63, 3.8) is 0 Å². The molecular weight excluding hydrogens is 182 g/mol. The van der Waals surface area contributed by atoms with E-state index in [4.69, 9.17) is 9.47 Å². The molecule has 0 saturated carbocycles. The SMILES string of the molecule is CC(C)COCCNC(=O)OC(C)C. The number of carbonyl (C=O) groups excluding carboxylic acids is 1. The maximum atomic E-state index is 11.0. The summed E-state index contributed by atoms with van der Waals surface area (Å²) in [5, 5.41) is 2.60. The topological polar surface area (TPSA) is 47.6 Å². The molecule has 4 heteroatoms. The second kappa shape index (κ2) is 7.62. The molecule has 0 saturated heterocycles. The van der Waals surface area contributed by atoms with Gasteiger partial charge in [-0.15, -0.1) is 0 Å². The van der Waals surface area contributed by atoms with E-state index in [2.05, 4.69) is 19.2 Å². The lowest BCUT2D eigenvalue weighted by Gasteiger charge is -2.10. The normalized spacial score (nSPS) is 10.7. The van der Waals surface area contributed by atoms with Crippen molar-refractivity contribution in [1.29, 1.82) is 0 Å². The van der Waals surface area contributed by atoms with Crippen LogP contribution in [0.5, 0.6) is 0 Å². The van der Waals surface area contributed by atoms with Crippen LogP contribution in [-0.2, 0) is 9.47 Å². The van der Waals surface area contributed by atoms with Crippen molar-refractivity contribution in [3.8, 4) is 0 Å². The zero-order chi connectivity index (χ0) is 11.0. The lowest BCUT2D eigenvalue weighted by atomic mass is 10.2. The Morgan fingerprint density at radius 3 is 2.43 bits per heavy atom. The largest absolute Gasteiger partial charge is 0.447 e. The first-order valence-corrected chi connectivity index (χ1v) is 5.04. The lowest BCUT2D eigenvalue weighted by Crippen LogP contribution is -2.30. The molecular formula is C10H21NO3. The zero-order valence-corrected chi connectivity index (χ0v) is 9.50. The highest BCUT2D eigenvalue weighted by molar-refractivity contribution is 5.67. The van der Waals surface area contributed by atoms with Gasteiger partial charge in [0.05, 0.1) is 12.7 Å². The van der Waals surface area contributed by atoms with Gasteiger partial charge in [-0.1, -0.05) is 13.8 Å². The fraction of sp³-hybridized carbons (Fsp3) is 0.900. The highest BCUT2D eigenvalue weighted by Gasteiger charge is 2.02. The van der Waals surface area contributed by atoms with Gasteiger partial charge < -0.3 is 14.8 Å². The standard InChI is InChI=1S/C10H21NO3/c1-8(2)7-13-6-5-11-10(12)14-9(3)4/h8-9H,5-7H2,1-4H3,(H,11,12). The number of hydrogen-bond acceptors (Lipinski definition) is 3. The molecule has 0 aromatic carbocycles. The molecule has 0 aliphatic rings. The summed E-state index contributed by atoms with van der Waals surface area (Å²) in [6.07, 6.45) is -0.459. The van der Waals surface area contributed by atoms with Crippen LogP contribution in [0, 0.1) is 5.92 Å². The molecule has 84 valence electrons. The number of ether oxygens (including phenoxy) is 2. The van der Waals surface area contributed by atoms with E-state index in [-0.39, 0.29) is 12.2 Å². The van der Waals surface area contributed by atoms with Crippen LogP contribution in [0.15, 0.2) is 0 Å². The van der Waals surface area contributed by atoms with Gasteiger partial charge in [0, 0.05) is 13.2 Å². The third-order valence-corrected chi connectivity index (χ3v) is 1.31. The molecule has 1 N–H and O–H groups in total. The van der Waals surface area contributed by atoms with Crippen LogP contribution in [0.4, 0.5) is 4.79 Å². The van der Waals surface area contributed by atoms with Gasteiger partial charge in [-0.3, -0.25) is 0 Å². The number of alkyl carbamates (subject to hydrolysis) is 1.